The van der Waals surface area contributed by atoms with Gasteiger partial charge in [-0.25, -0.2) is 4.79 Å². The normalized spacial score (nSPS) is 13.5. The molecule has 0 aliphatic rings. The van der Waals surface area contributed by atoms with Crippen LogP contribution in [0.15, 0.2) is 18.2 Å². The van der Waals surface area contributed by atoms with E-state index >= 15 is 0 Å². The van der Waals surface area contributed by atoms with Crippen LogP contribution in [0.5, 0.6) is 0 Å². The molecule has 3 atom stereocenters. The number of unbranched alkanes of at least 4 members (excludes halogenated alkanes) is 4. The fraction of sp³-hybridized carbons (Fsp3) is 0.697. The minimum atomic E-state index is -0.947. The second kappa shape index (κ2) is 18.4. The highest BCUT2D eigenvalue weighted by Crippen LogP contribution is 2.27. The molecule has 9 heteroatoms. The summed E-state index contributed by atoms with van der Waals surface area (Å²) >= 11 is 0. The maximum Gasteiger partial charge on any atom is 0.408 e. The molecule has 0 saturated carbocycles. The zero-order chi connectivity index (χ0) is 31.9. The highest BCUT2D eigenvalue weighted by atomic mass is 16.6. The topological polar surface area (TPSA) is 114 Å². The van der Waals surface area contributed by atoms with E-state index in [0.29, 0.717) is 24.9 Å². The van der Waals surface area contributed by atoms with Crippen LogP contribution in [0, 0.1) is 19.8 Å². The van der Waals surface area contributed by atoms with E-state index in [2.05, 4.69) is 17.6 Å². The Labute approximate surface area is 253 Å². The molecule has 3 amide bonds. The summed E-state index contributed by atoms with van der Waals surface area (Å²) < 4.78 is 10.5. The van der Waals surface area contributed by atoms with Crippen LogP contribution in [-0.2, 0) is 23.9 Å². The van der Waals surface area contributed by atoms with Crippen molar-refractivity contribution in [1.29, 1.82) is 0 Å². The van der Waals surface area contributed by atoms with Crippen molar-refractivity contribution in [3.8, 4) is 0 Å². The Morgan fingerprint density at radius 1 is 0.952 bits per heavy atom. The second-order valence-corrected chi connectivity index (χ2v) is 12.0. The maximum atomic E-state index is 14.4. The summed E-state index contributed by atoms with van der Waals surface area (Å²) in [5, 5.41) is 5.67. The van der Waals surface area contributed by atoms with Crippen LogP contribution in [0.2, 0.25) is 0 Å². The largest absolute Gasteiger partial charge is 0.466 e. The monoisotopic (exact) mass is 589 g/mol. The molecule has 0 fully saturated rings. The van der Waals surface area contributed by atoms with Crippen LogP contribution in [0.1, 0.15) is 116 Å². The van der Waals surface area contributed by atoms with Crippen LogP contribution in [-0.4, -0.2) is 60.1 Å². The lowest BCUT2D eigenvalue weighted by Crippen LogP contribution is -2.55. The number of hydrogen-bond donors (Lipinski definition) is 2. The molecule has 238 valence electrons. The van der Waals surface area contributed by atoms with Gasteiger partial charge >= 0.3 is 12.1 Å². The third-order valence-corrected chi connectivity index (χ3v) is 7.28. The molecule has 1 aromatic rings. The van der Waals surface area contributed by atoms with Gasteiger partial charge in [-0.3, -0.25) is 14.4 Å². The second-order valence-electron chi connectivity index (χ2n) is 12.0. The number of carbonyl (C=O) groups is 4. The molecule has 0 aliphatic heterocycles. The minimum absolute atomic E-state index is 0.0277. The zero-order valence-corrected chi connectivity index (χ0v) is 27.4. The fourth-order valence-corrected chi connectivity index (χ4v) is 4.57. The van der Waals surface area contributed by atoms with Crippen molar-refractivity contribution in [2.75, 3.05) is 19.7 Å². The van der Waals surface area contributed by atoms with Gasteiger partial charge in [-0.15, -0.1) is 0 Å². The van der Waals surface area contributed by atoms with Crippen molar-refractivity contribution in [1.82, 2.24) is 15.5 Å². The zero-order valence-electron chi connectivity index (χ0n) is 27.4. The third-order valence-electron chi connectivity index (χ3n) is 7.28. The number of nitrogens with zero attached hydrogens (tertiary/aromatic N) is 1. The van der Waals surface area contributed by atoms with Crippen molar-refractivity contribution >= 4 is 23.9 Å². The van der Waals surface area contributed by atoms with Crippen LogP contribution >= 0.6 is 0 Å². The number of aryl methyl sites for hydroxylation is 2. The van der Waals surface area contributed by atoms with E-state index in [0.717, 1.165) is 36.8 Å². The number of ether oxygens (including phenoxy) is 2. The van der Waals surface area contributed by atoms with Gasteiger partial charge in [0, 0.05) is 13.1 Å². The smallest absolute Gasteiger partial charge is 0.408 e. The first-order valence-electron chi connectivity index (χ1n) is 15.6. The summed E-state index contributed by atoms with van der Waals surface area (Å²) in [4.78, 5) is 54.6. The van der Waals surface area contributed by atoms with E-state index in [9.17, 15) is 19.2 Å². The van der Waals surface area contributed by atoms with Gasteiger partial charge in [-0.05, 0) is 70.6 Å². The van der Waals surface area contributed by atoms with Crippen LogP contribution in [0.25, 0.3) is 0 Å². The van der Waals surface area contributed by atoms with E-state index in [4.69, 9.17) is 9.47 Å². The number of alkyl carbamates (subject to hydrolysis) is 1. The molecular formula is C33H55N3O6. The standard InChI is InChI=1S/C33H55N3O6/c1-10-13-14-15-16-21-36(31(39)28(23(4)11-2)35-32(40)42-33(7,8)9)29(26-18-17-24(5)25(6)22-26)30(38)34-20-19-27(37)41-12-3/h17-18,22-23,28-29H,10-16,19-21H2,1-9H3,(H,34,38)(H,35,40). The van der Waals surface area contributed by atoms with Crippen molar-refractivity contribution in [3.63, 3.8) is 0 Å². The number of esters is 1. The average molecular weight is 590 g/mol. The number of nitrogens with one attached hydrogen (secondary N) is 2. The van der Waals surface area contributed by atoms with Crippen molar-refractivity contribution in [2.45, 2.75) is 125 Å². The lowest BCUT2D eigenvalue weighted by Gasteiger charge is -2.36. The van der Waals surface area contributed by atoms with E-state index in [1.54, 1.807) is 32.6 Å². The summed E-state index contributed by atoms with van der Waals surface area (Å²) in [6.07, 6.45) is 4.83. The molecule has 0 spiro atoms. The molecule has 0 saturated heterocycles. The van der Waals surface area contributed by atoms with Gasteiger partial charge in [-0.1, -0.05) is 71.1 Å². The number of amides is 3. The van der Waals surface area contributed by atoms with Gasteiger partial charge in [0.1, 0.15) is 17.7 Å². The van der Waals surface area contributed by atoms with Gasteiger partial charge in [0.25, 0.3) is 0 Å². The molecular weight excluding hydrogens is 534 g/mol. The first-order chi connectivity index (χ1) is 19.7. The van der Waals surface area contributed by atoms with Crippen LogP contribution < -0.4 is 10.6 Å². The number of rotatable bonds is 17. The quantitative estimate of drug-likeness (QED) is 0.166. The van der Waals surface area contributed by atoms with Crippen LogP contribution in [0.3, 0.4) is 0 Å². The Morgan fingerprint density at radius 2 is 1.62 bits per heavy atom. The molecule has 1 rings (SSSR count). The average Bonchev–Trinajstić information content (AvgIpc) is 2.91. The predicted molar refractivity (Wildman–Crippen MR) is 166 cm³/mol. The van der Waals surface area contributed by atoms with Crippen molar-refractivity contribution < 1.29 is 28.7 Å². The van der Waals surface area contributed by atoms with Crippen molar-refractivity contribution in [3.05, 3.63) is 34.9 Å². The van der Waals surface area contributed by atoms with Crippen LogP contribution in [0.4, 0.5) is 4.79 Å². The molecule has 0 radical (unpaired) electrons. The number of hydrogen-bond acceptors (Lipinski definition) is 6. The summed E-state index contributed by atoms with van der Waals surface area (Å²) in [6.45, 7) is 17.7. The Bertz CT molecular complexity index is 1020. The SMILES string of the molecule is CCCCCCCN(C(=O)C(NC(=O)OC(C)(C)C)C(C)CC)C(C(=O)NCCC(=O)OCC)c1ccc(C)c(C)c1. The van der Waals surface area contributed by atoms with E-state index in [-0.39, 0.29) is 37.3 Å². The minimum Gasteiger partial charge on any atom is -0.466 e. The molecule has 0 aromatic heterocycles. The van der Waals surface area contributed by atoms with Gasteiger partial charge in [0.2, 0.25) is 11.8 Å². The lowest BCUT2D eigenvalue weighted by atomic mass is 9.94. The van der Waals surface area contributed by atoms with Gasteiger partial charge in [0.05, 0.1) is 13.0 Å². The molecule has 9 nitrogen and oxygen atoms in total. The first-order valence-corrected chi connectivity index (χ1v) is 15.6. The summed E-state index contributed by atoms with van der Waals surface area (Å²) in [5.74, 6) is -1.33. The van der Waals surface area contributed by atoms with E-state index in [1.807, 2.05) is 45.9 Å². The molecule has 1 aromatic carbocycles. The van der Waals surface area contributed by atoms with Crippen molar-refractivity contribution in [2.24, 2.45) is 5.92 Å². The fourth-order valence-electron chi connectivity index (χ4n) is 4.57. The van der Waals surface area contributed by atoms with E-state index < -0.39 is 29.7 Å². The Kier molecular flexibility index (Phi) is 16.2. The van der Waals surface area contributed by atoms with E-state index in [1.165, 1.54) is 0 Å². The summed E-state index contributed by atoms with van der Waals surface area (Å²) in [7, 11) is 0. The highest BCUT2D eigenvalue weighted by Gasteiger charge is 2.38. The number of benzene rings is 1. The summed E-state index contributed by atoms with van der Waals surface area (Å²) in [6, 6.07) is 3.91. The van der Waals surface area contributed by atoms with Gasteiger partial charge < -0.3 is 25.0 Å². The molecule has 0 heterocycles. The molecule has 42 heavy (non-hydrogen) atoms. The maximum absolute atomic E-state index is 14.4. The molecule has 0 bridgehead atoms. The third kappa shape index (κ3) is 12.8. The molecule has 0 aliphatic carbocycles. The molecule has 3 unspecified atom stereocenters. The Balaban J connectivity index is 3.52. The van der Waals surface area contributed by atoms with Gasteiger partial charge in [-0.2, -0.15) is 0 Å². The lowest BCUT2D eigenvalue weighted by molar-refractivity contribution is -0.145. The Morgan fingerprint density at radius 3 is 2.19 bits per heavy atom. The van der Waals surface area contributed by atoms with Gasteiger partial charge in [0.15, 0.2) is 0 Å². The molecule has 2 N–H and O–H groups in total. The Hall–Kier alpha value is -3.10. The predicted octanol–water partition coefficient (Wildman–Crippen LogP) is 6.15. The highest BCUT2D eigenvalue weighted by molar-refractivity contribution is 5.92. The first kappa shape index (κ1) is 36.9. The number of carbonyl (C=O) groups excluding carboxylic acids is 4. The summed E-state index contributed by atoms with van der Waals surface area (Å²) in [5.41, 5.74) is 2.01.